The molecular formula is C7H9ClN2S2. The second-order valence-corrected chi connectivity index (χ2v) is 3.53. The van der Waals surface area contributed by atoms with Crippen molar-refractivity contribution in [3.05, 3.63) is 29.3 Å². The maximum absolute atomic E-state index is 5.67. The molecule has 0 aliphatic heterocycles. The van der Waals surface area contributed by atoms with Crippen molar-refractivity contribution < 1.29 is 0 Å². The first-order chi connectivity index (χ1) is 5.18. The van der Waals surface area contributed by atoms with Gasteiger partial charge >= 0.3 is 0 Å². The summed E-state index contributed by atoms with van der Waals surface area (Å²) < 4.78 is 0.451. The van der Waals surface area contributed by atoms with Crippen LogP contribution < -0.4 is 11.5 Å². The lowest BCUT2D eigenvalue weighted by Crippen LogP contribution is -1.99. The van der Waals surface area contributed by atoms with Crippen molar-refractivity contribution in [3.8, 4) is 0 Å². The molecule has 4 N–H and O–H groups in total. The van der Waals surface area contributed by atoms with Crippen molar-refractivity contribution >= 4 is 46.5 Å². The molecule has 0 radical (unpaired) electrons. The monoisotopic (exact) mass is 220 g/mol. The predicted molar refractivity (Wildman–Crippen MR) is 61.7 cm³/mol. The van der Waals surface area contributed by atoms with Gasteiger partial charge in [-0.3, -0.25) is 0 Å². The van der Waals surface area contributed by atoms with E-state index < -0.39 is 0 Å². The summed E-state index contributed by atoms with van der Waals surface area (Å²) in [6.07, 6.45) is 0. The minimum atomic E-state index is 0. The van der Waals surface area contributed by atoms with Crippen LogP contribution in [0.3, 0.4) is 0 Å². The van der Waals surface area contributed by atoms with E-state index in [9.17, 15) is 0 Å². The molecule has 0 fully saturated rings. The Hall–Kier alpha value is -0.290. The normalized spacial score (nSPS) is 8.50. The fourth-order valence-corrected chi connectivity index (χ4v) is 1.03. The summed E-state index contributed by atoms with van der Waals surface area (Å²) in [6.45, 7) is 0. The third kappa shape index (κ3) is 3.92. The van der Waals surface area contributed by atoms with Crippen molar-refractivity contribution in [2.45, 2.75) is 0 Å². The molecule has 2 nitrogen and oxygen atoms in total. The summed E-state index contributed by atoms with van der Waals surface area (Å²) in [4.78, 5) is 0. The van der Waals surface area contributed by atoms with Gasteiger partial charge in [-0.15, -0.1) is 12.6 Å². The first-order valence-corrected chi connectivity index (χ1v) is 4.17. The second-order valence-electron chi connectivity index (χ2n) is 1.94. The molecule has 0 aliphatic carbocycles. The maximum Gasteiger partial charge on any atom is 0.135 e. The van der Waals surface area contributed by atoms with Crippen LogP contribution in [0.15, 0.2) is 24.3 Å². The van der Waals surface area contributed by atoms with Gasteiger partial charge in [-0.25, -0.2) is 0 Å². The number of nitrogens with one attached hydrogen (secondary N) is 1. The lowest BCUT2D eigenvalue weighted by molar-refractivity contribution is 1.66. The third-order valence-electron chi connectivity index (χ3n) is 1.10. The van der Waals surface area contributed by atoms with E-state index >= 15 is 0 Å². The molecule has 1 aromatic carbocycles. The van der Waals surface area contributed by atoms with Gasteiger partial charge < -0.3 is 11.5 Å². The van der Waals surface area contributed by atoms with Gasteiger partial charge in [0.1, 0.15) is 4.32 Å². The van der Waals surface area contributed by atoms with Gasteiger partial charge in [0.15, 0.2) is 0 Å². The van der Waals surface area contributed by atoms with Crippen LogP contribution in [0.25, 0.3) is 0 Å². The van der Waals surface area contributed by atoms with Crippen LogP contribution in [0.2, 0.25) is 5.02 Å². The Bertz CT molecular complexity index is 261. The van der Waals surface area contributed by atoms with Crippen LogP contribution in [0.4, 0.5) is 5.69 Å². The van der Waals surface area contributed by atoms with Crippen LogP contribution in [-0.2, 0) is 0 Å². The zero-order valence-electron chi connectivity index (χ0n) is 6.25. The Morgan fingerprint density at radius 1 is 1.33 bits per heavy atom. The first kappa shape index (κ1) is 11.7. The largest absolute Gasteiger partial charge is 0.344 e. The number of halogens is 1. The average molecular weight is 221 g/mol. The Balaban J connectivity index is 0.00000121. The van der Waals surface area contributed by atoms with Crippen LogP contribution in [-0.4, -0.2) is 4.32 Å². The Kier molecular flexibility index (Phi) is 5.24. The fraction of sp³-hybridized carbons (Fsp3) is 0. The summed E-state index contributed by atoms with van der Waals surface area (Å²) in [7, 11) is 0. The molecule has 0 unspecified atom stereocenters. The molecule has 0 amide bonds. The third-order valence-corrected chi connectivity index (χ3v) is 1.56. The van der Waals surface area contributed by atoms with E-state index in [1.54, 1.807) is 12.1 Å². The topological polar surface area (TPSA) is 47.0 Å². The van der Waals surface area contributed by atoms with Crippen LogP contribution in [0.5, 0.6) is 0 Å². The summed E-state index contributed by atoms with van der Waals surface area (Å²) in [5, 5.41) is 3.58. The summed E-state index contributed by atoms with van der Waals surface area (Å²) in [5.74, 6) is 0. The van der Waals surface area contributed by atoms with Crippen molar-refractivity contribution in [3.63, 3.8) is 0 Å². The molecule has 66 valence electrons. The van der Waals surface area contributed by atoms with Gasteiger partial charge in [-0.05, 0) is 24.3 Å². The molecule has 5 heteroatoms. The highest BCUT2D eigenvalue weighted by molar-refractivity contribution is 8.11. The standard InChI is InChI=1S/C7H6ClNS2.H3N/c8-5-1-3-6(4-2-5)9-7(10)11;/h1-4H,(H2,9,10,11);1H3. The molecule has 0 spiro atoms. The lowest BCUT2D eigenvalue weighted by Gasteiger charge is -2.01. The van der Waals surface area contributed by atoms with E-state index in [-0.39, 0.29) is 6.15 Å². The quantitative estimate of drug-likeness (QED) is 0.504. The molecule has 1 rings (SSSR count). The van der Waals surface area contributed by atoms with Gasteiger partial charge in [0.2, 0.25) is 0 Å². The van der Waals surface area contributed by atoms with Crippen LogP contribution >= 0.6 is 36.4 Å². The molecule has 0 saturated carbocycles. The first-order valence-electron chi connectivity index (χ1n) is 2.94. The predicted octanol–water partition coefficient (Wildman–Crippen LogP) is 3.13. The van der Waals surface area contributed by atoms with Crippen LogP contribution in [0, 0.1) is 0 Å². The smallest absolute Gasteiger partial charge is 0.135 e. The van der Waals surface area contributed by atoms with Gasteiger partial charge in [0.05, 0.1) is 0 Å². The van der Waals surface area contributed by atoms with Gasteiger partial charge in [-0.1, -0.05) is 23.8 Å². The molecule has 0 saturated heterocycles. The van der Waals surface area contributed by atoms with Crippen LogP contribution in [0.1, 0.15) is 0 Å². The minimum absolute atomic E-state index is 0. The number of anilines is 1. The Morgan fingerprint density at radius 2 is 1.83 bits per heavy atom. The zero-order valence-corrected chi connectivity index (χ0v) is 8.72. The molecule has 1 aromatic rings. The highest BCUT2D eigenvalue weighted by atomic mass is 35.5. The number of benzene rings is 1. The Labute approximate surface area is 87.3 Å². The molecular weight excluding hydrogens is 212 g/mol. The number of hydrogen-bond acceptors (Lipinski definition) is 2. The maximum atomic E-state index is 5.67. The highest BCUT2D eigenvalue weighted by Crippen LogP contribution is 2.13. The van der Waals surface area contributed by atoms with E-state index in [0.29, 0.717) is 9.34 Å². The summed E-state index contributed by atoms with van der Waals surface area (Å²) in [5.41, 5.74) is 0.898. The average Bonchev–Trinajstić information content (AvgIpc) is 1.93. The van der Waals surface area contributed by atoms with Crippen molar-refractivity contribution in [1.29, 1.82) is 0 Å². The van der Waals surface area contributed by atoms with E-state index in [2.05, 4.69) is 17.9 Å². The van der Waals surface area contributed by atoms with E-state index in [1.165, 1.54) is 0 Å². The number of thiocarbonyl (C=S) groups is 1. The summed E-state index contributed by atoms with van der Waals surface area (Å²) >= 11 is 14.3. The van der Waals surface area contributed by atoms with E-state index in [1.807, 2.05) is 12.1 Å². The number of rotatable bonds is 1. The SMILES string of the molecule is N.S=C(S)Nc1ccc(Cl)cc1. The molecule has 0 bridgehead atoms. The van der Waals surface area contributed by atoms with Crippen molar-refractivity contribution in [1.82, 2.24) is 6.15 Å². The minimum Gasteiger partial charge on any atom is -0.344 e. The Morgan fingerprint density at radius 3 is 2.25 bits per heavy atom. The summed E-state index contributed by atoms with van der Waals surface area (Å²) in [6, 6.07) is 7.25. The van der Waals surface area contributed by atoms with Crippen molar-refractivity contribution in [2.24, 2.45) is 0 Å². The van der Waals surface area contributed by atoms with Gasteiger partial charge in [0.25, 0.3) is 0 Å². The highest BCUT2D eigenvalue weighted by Gasteiger charge is 1.91. The van der Waals surface area contributed by atoms with Crippen molar-refractivity contribution in [2.75, 3.05) is 5.32 Å². The van der Waals surface area contributed by atoms with Gasteiger partial charge in [-0.2, -0.15) is 0 Å². The van der Waals surface area contributed by atoms with E-state index in [0.717, 1.165) is 5.69 Å². The molecule has 0 aromatic heterocycles. The lowest BCUT2D eigenvalue weighted by atomic mass is 10.3. The van der Waals surface area contributed by atoms with E-state index in [4.69, 9.17) is 23.8 Å². The van der Waals surface area contributed by atoms with Gasteiger partial charge in [0, 0.05) is 10.7 Å². The number of hydrogen-bond donors (Lipinski definition) is 3. The molecule has 0 atom stereocenters. The fourth-order valence-electron chi connectivity index (χ4n) is 0.657. The molecule has 12 heavy (non-hydrogen) atoms. The second kappa shape index (κ2) is 5.37. The zero-order chi connectivity index (χ0) is 8.27. The molecule has 0 heterocycles. The molecule has 0 aliphatic rings. The number of thiol groups is 1.